The van der Waals surface area contributed by atoms with E-state index in [2.05, 4.69) is 9.97 Å². The van der Waals surface area contributed by atoms with E-state index in [4.69, 9.17) is 22.1 Å². The number of benzene rings is 2. The van der Waals surface area contributed by atoms with E-state index in [1.807, 2.05) is 0 Å². The highest BCUT2D eigenvalue weighted by molar-refractivity contribution is 6.31. The van der Waals surface area contributed by atoms with Crippen LogP contribution in [0.4, 0.5) is 0 Å². The molecule has 0 saturated heterocycles. The van der Waals surface area contributed by atoms with E-state index in [0.29, 0.717) is 22.2 Å². The molecule has 23 heavy (non-hydrogen) atoms. The molecule has 0 saturated carbocycles. The molecule has 0 spiro atoms. The van der Waals surface area contributed by atoms with Gasteiger partial charge in [-0.15, -0.1) is 0 Å². The number of nitrogens with two attached hydrogens (primary N) is 1. The zero-order valence-corrected chi connectivity index (χ0v) is 13.1. The molecule has 2 aromatic carbocycles. The molecule has 0 aliphatic heterocycles. The van der Waals surface area contributed by atoms with Crippen LogP contribution >= 0.6 is 11.6 Å². The first-order valence-corrected chi connectivity index (χ1v) is 7.40. The van der Waals surface area contributed by atoms with Gasteiger partial charge in [0.05, 0.1) is 23.1 Å². The van der Waals surface area contributed by atoms with Crippen molar-refractivity contribution >= 4 is 28.5 Å². The number of rotatable bonds is 4. The molecule has 1 heterocycles. The molecule has 6 heteroatoms. The number of hydrogen-bond acceptors (Lipinski definition) is 4. The predicted octanol–water partition coefficient (Wildman–Crippen LogP) is 3.66. The van der Waals surface area contributed by atoms with Crippen molar-refractivity contribution in [2.24, 2.45) is 5.73 Å². The van der Waals surface area contributed by atoms with E-state index in [9.17, 15) is 4.79 Å². The molecule has 0 fully saturated rings. The summed E-state index contributed by atoms with van der Waals surface area (Å²) in [5.74, 6) is 0.263. The zero-order valence-electron chi connectivity index (χ0n) is 12.4. The molecule has 0 aliphatic carbocycles. The summed E-state index contributed by atoms with van der Waals surface area (Å²) in [6.07, 6.45) is 1.55. The Kier molecular flexibility index (Phi) is 4.12. The summed E-state index contributed by atoms with van der Waals surface area (Å²) >= 11 is 5.96. The van der Waals surface area contributed by atoms with Gasteiger partial charge in [-0.2, -0.15) is 0 Å². The standard InChI is InChI=1S/C17H14ClN3O2/c1-10(17(19)22)11-2-5-13(6-3-11)23-16-9-20-14-7-4-12(18)8-15(14)21-16/h2-10H,1H3,(H2,19,22). The fourth-order valence-electron chi connectivity index (χ4n) is 2.13. The average Bonchev–Trinajstić information content (AvgIpc) is 2.54. The Labute approximate surface area is 138 Å². The van der Waals surface area contributed by atoms with Crippen LogP contribution in [0, 0.1) is 0 Å². The lowest BCUT2D eigenvalue weighted by Crippen LogP contribution is -2.18. The highest BCUT2D eigenvalue weighted by atomic mass is 35.5. The third-order valence-corrected chi connectivity index (χ3v) is 3.75. The molecule has 0 bridgehead atoms. The van der Waals surface area contributed by atoms with Crippen LogP contribution in [0.2, 0.25) is 5.02 Å². The first kappa shape index (κ1) is 15.2. The largest absolute Gasteiger partial charge is 0.437 e. The van der Waals surface area contributed by atoms with Crippen molar-refractivity contribution in [2.75, 3.05) is 0 Å². The number of aromatic nitrogens is 2. The summed E-state index contributed by atoms with van der Waals surface area (Å²) in [5.41, 5.74) is 7.53. The maximum absolute atomic E-state index is 11.2. The molecule has 1 atom stereocenters. The lowest BCUT2D eigenvalue weighted by molar-refractivity contribution is -0.119. The van der Waals surface area contributed by atoms with Gasteiger partial charge in [0, 0.05) is 5.02 Å². The van der Waals surface area contributed by atoms with Gasteiger partial charge in [-0.25, -0.2) is 9.97 Å². The van der Waals surface area contributed by atoms with Gasteiger partial charge in [0.2, 0.25) is 11.8 Å². The molecule has 1 aromatic heterocycles. The third-order valence-electron chi connectivity index (χ3n) is 3.51. The van der Waals surface area contributed by atoms with Crippen molar-refractivity contribution in [1.29, 1.82) is 0 Å². The fourth-order valence-corrected chi connectivity index (χ4v) is 2.29. The monoisotopic (exact) mass is 327 g/mol. The zero-order chi connectivity index (χ0) is 16.4. The minimum absolute atomic E-state index is 0.341. The van der Waals surface area contributed by atoms with Gasteiger partial charge in [0.15, 0.2) is 0 Å². The highest BCUT2D eigenvalue weighted by Crippen LogP contribution is 2.24. The highest BCUT2D eigenvalue weighted by Gasteiger charge is 2.11. The smallest absolute Gasteiger partial charge is 0.238 e. The summed E-state index contributed by atoms with van der Waals surface area (Å²) in [5, 5.41) is 0.591. The van der Waals surface area contributed by atoms with Crippen molar-refractivity contribution in [3.8, 4) is 11.6 Å². The van der Waals surface area contributed by atoms with Crippen LogP contribution in [0.15, 0.2) is 48.7 Å². The molecule has 1 amide bonds. The summed E-state index contributed by atoms with van der Waals surface area (Å²) in [4.78, 5) is 19.8. The van der Waals surface area contributed by atoms with Crippen molar-refractivity contribution in [1.82, 2.24) is 9.97 Å². The maximum atomic E-state index is 11.2. The van der Waals surface area contributed by atoms with Gasteiger partial charge in [-0.05, 0) is 42.8 Å². The van der Waals surface area contributed by atoms with Crippen LogP contribution in [0.1, 0.15) is 18.4 Å². The Balaban J connectivity index is 1.82. The number of halogens is 1. The normalized spacial score (nSPS) is 12.1. The maximum Gasteiger partial charge on any atom is 0.238 e. The number of fused-ring (bicyclic) bond motifs is 1. The quantitative estimate of drug-likeness (QED) is 0.793. The molecule has 3 aromatic rings. The minimum Gasteiger partial charge on any atom is -0.437 e. The topological polar surface area (TPSA) is 78.1 Å². The second-order valence-corrected chi connectivity index (χ2v) is 5.57. The predicted molar refractivity (Wildman–Crippen MR) is 88.7 cm³/mol. The van der Waals surface area contributed by atoms with E-state index in [-0.39, 0.29) is 11.8 Å². The van der Waals surface area contributed by atoms with Crippen LogP contribution in [-0.4, -0.2) is 15.9 Å². The molecule has 0 radical (unpaired) electrons. The van der Waals surface area contributed by atoms with Crippen LogP contribution in [0.5, 0.6) is 11.6 Å². The van der Waals surface area contributed by atoms with Crippen LogP contribution < -0.4 is 10.5 Å². The van der Waals surface area contributed by atoms with Crippen LogP contribution in [0.3, 0.4) is 0 Å². The average molecular weight is 328 g/mol. The number of primary amides is 1. The minimum atomic E-state index is -0.365. The molecule has 1 unspecified atom stereocenters. The summed E-state index contributed by atoms with van der Waals surface area (Å²) in [7, 11) is 0. The van der Waals surface area contributed by atoms with Gasteiger partial charge in [0.1, 0.15) is 5.75 Å². The van der Waals surface area contributed by atoms with E-state index in [0.717, 1.165) is 11.1 Å². The Morgan fingerprint density at radius 3 is 2.61 bits per heavy atom. The van der Waals surface area contributed by atoms with Gasteiger partial charge in [-0.1, -0.05) is 23.7 Å². The van der Waals surface area contributed by atoms with E-state index < -0.39 is 0 Å². The Bertz CT molecular complexity index is 865. The molecular formula is C17H14ClN3O2. The lowest BCUT2D eigenvalue weighted by atomic mass is 10.0. The Morgan fingerprint density at radius 1 is 1.17 bits per heavy atom. The summed E-state index contributed by atoms with van der Waals surface area (Å²) in [6, 6.07) is 12.4. The first-order valence-electron chi connectivity index (χ1n) is 7.02. The van der Waals surface area contributed by atoms with E-state index in [1.165, 1.54) is 0 Å². The van der Waals surface area contributed by atoms with Crippen LogP contribution in [0.25, 0.3) is 11.0 Å². The van der Waals surface area contributed by atoms with Crippen molar-refractivity contribution < 1.29 is 9.53 Å². The van der Waals surface area contributed by atoms with Gasteiger partial charge in [0.25, 0.3) is 0 Å². The van der Waals surface area contributed by atoms with Gasteiger partial charge in [-0.3, -0.25) is 4.79 Å². The Morgan fingerprint density at radius 2 is 1.91 bits per heavy atom. The molecule has 2 N–H and O–H groups in total. The lowest BCUT2D eigenvalue weighted by Gasteiger charge is -2.09. The second-order valence-electron chi connectivity index (χ2n) is 5.14. The molecule has 0 aliphatic rings. The van der Waals surface area contributed by atoms with Crippen molar-refractivity contribution in [3.05, 3.63) is 59.2 Å². The van der Waals surface area contributed by atoms with E-state index >= 15 is 0 Å². The molecule has 5 nitrogen and oxygen atoms in total. The molecular weight excluding hydrogens is 314 g/mol. The first-order chi connectivity index (χ1) is 11.0. The van der Waals surface area contributed by atoms with Gasteiger partial charge >= 0.3 is 0 Å². The fraction of sp³-hybridized carbons (Fsp3) is 0.118. The summed E-state index contributed by atoms with van der Waals surface area (Å²) < 4.78 is 5.69. The van der Waals surface area contributed by atoms with Crippen LogP contribution in [-0.2, 0) is 4.79 Å². The summed E-state index contributed by atoms with van der Waals surface area (Å²) in [6.45, 7) is 1.76. The number of carbonyl (C=O) groups is 1. The molecule has 3 rings (SSSR count). The second kappa shape index (κ2) is 6.22. The number of nitrogens with zero attached hydrogens (tertiary/aromatic N) is 2. The SMILES string of the molecule is CC(C(N)=O)c1ccc(Oc2cnc3ccc(Cl)cc3n2)cc1. The number of carbonyl (C=O) groups excluding carboxylic acids is 1. The molecule has 116 valence electrons. The van der Waals surface area contributed by atoms with E-state index in [1.54, 1.807) is 55.6 Å². The van der Waals surface area contributed by atoms with Crippen molar-refractivity contribution in [3.63, 3.8) is 0 Å². The third kappa shape index (κ3) is 3.40. The van der Waals surface area contributed by atoms with Gasteiger partial charge < -0.3 is 10.5 Å². The Hall–Kier alpha value is -2.66. The number of amides is 1. The number of ether oxygens (including phenoxy) is 1. The van der Waals surface area contributed by atoms with Crippen molar-refractivity contribution in [2.45, 2.75) is 12.8 Å². The number of hydrogen-bond donors (Lipinski definition) is 1.